The van der Waals surface area contributed by atoms with Gasteiger partial charge in [-0.1, -0.05) is 12.1 Å². The van der Waals surface area contributed by atoms with E-state index in [1.54, 1.807) is 0 Å². The van der Waals surface area contributed by atoms with Crippen molar-refractivity contribution in [1.29, 1.82) is 0 Å². The first-order chi connectivity index (χ1) is 11.3. The second kappa shape index (κ2) is 6.22. The van der Waals surface area contributed by atoms with Gasteiger partial charge in [-0.2, -0.15) is 0 Å². The second-order valence-corrected chi connectivity index (χ2v) is 5.80. The van der Waals surface area contributed by atoms with Crippen LogP contribution in [0.4, 0.5) is 0 Å². The summed E-state index contributed by atoms with van der Waals surface area (Å²) in [4.78, 5) is 14.4. The number of nitrogens with zero attached hydrogens (tertiary/aromatic N) is 1. The van der Waals surface area contributed by atoms with Gasteiger partial charge in [0.1, 0.15) is 19.3 Å². The summed E-state index contributed by atoms with van der Waals surface area (Å²) < 4.78 is 22.0. The predicted molar refractivity (Wildman–Crippen MR) is 82.5 cm³/mol. The zero-order valence-electron chi connectivity index (χ0n) is 12.8. The molecule has 2 fully saturated rings. The van der Waals surface area contributed by atoms with E-state index in [2.05, 4.69) is 0 Å². The van der Waals surface area contributed by atoms with Crippen LogP contribution in [0.15, 0.2) is 23.8 Å². The van der Waals surface area contributed by atoms with Gasteiger partial charge in [0, 0.05) is 18.7 Å². The lowest BCUT2D eigenvalue weighted by atomic mass is 10.1. The summed E-state index contributed by atoms with van der Waals surface area (Å²) in [6.07, 6.45) is 2.10. The summed E-state index contributed by atoms with van der Waals surface area (Å²) in [5, 5.41) is 0. The van der Waals surface area contributed by atoms with Crippen LogP contribution in [-0.4, -0.2) is 63.0 Å². The van der Waals surface area contributed by atoms with Crippen LogP contribution < -0.4 is 9.47 Å². The number of epoxide rings is 1. The van der Waals surface area contributed by atoms with Crippen molar-refractivity contribution in [3.63, 3.8) is 0 Å². The molecule has 1 amide bonds. The van der Waals surface area contributed by atoms with Crippen molar-refractivity contribution >= 4 is 12.0 Å². The molecule has 0 spiro atoms. The number of fused-ring (bicyclic) bond motifs is 1. The molecule has 6 nitrogen and oxygen atoms in total. The first-order valence-corrected chi connectivity index (χ1v) is 7.89. The zero-order valence-corrected chi connectivity index (χ0v) is 12.8. The van der Waals surface area contributed by atoms with Crippen molar-refractivity contribution in [2.24, 2.45) is 0 Å². The van der Waals surface area contributed by atoms with Crippen molar-refractivity contribution < 1.29 is 23.7 Å². The van der Waals surface area contributed by atoms with Crippen molar-refractivity contribution in [3.8, 4) is 11.5 Å². The number of carbonyl (C=O) groups is 1. The van der Waals surface area contributed by atoms with Gasteiger partial charge in [-0.05, 0) is 12.1 Å². The molecule has 0 N–H and O–H groups in total. The van der Waals surface area contributed by atoms with Gasteiger partial charge in [0.2, 0.25) is 0 Å². The fourth-order valence-corrected chi connectivity index (χ4v) is 2.73. The topological polar surface area (TPSA) is 60.5 Å². The van der Waals surface area contributed by atoms with Gasteiger partial charge >= 0.3 is 0 Å². The summed E-state index contributed by atoms with van der Waals surface area (Å²) in [5.41, 5.74) is 1.55. The van der Waals surface area contributed by atoms with Gasteiger partial charge < -0.3 is 23.8 Å². The highest BCUT2D eigenvalue weighted by molar-refractivity contribution is 5.99. The van der Waals surface area contributed by atoms with Crippen molar-refractivity contribution in [3.05, 3.63) is 29.3 Å². The summed E-state index contributed by atoms with van der Waals surface area (Å²) in [5.74, 6) is 1.43. The van der Waals surface area contributed by atoms with Crippen molar-refractivity contribution in [1.82, 2.24) is 4.90 Å². The van der Waals surface area contributed by atoms with Gasteiger partial charge in [-0.25, -0.2) is 0 Å². The fraction of sp³-hybridized carbons (Fsp3) is 0.471. The van der Waals surface area contributed by atoms with Crippen LogP contribution in [0.25, 0.3) is 6.08 Å². The molecule has 0 saturated carbocycles. The molecule has 4 rings (SSSR count). The Balaban J connectivity index is 1.51. The molecule has 6 heteroatoms. The van der Waals surface area contributed by atoms with Crippen molar-refractivity contribution in [2.75, 3.05) is 46.1 Å². The van der Waals surface area contributed by atoms with Crippen LogP contribution in [0.5, 0.6) is 11.5 Å². The standard InChI is InChI=1S/C17H19NO5/c19-17(18-4-6-20-7-5-18)13-8-12-2-1-3-15(16(12)23-9-13)22-11-14-10-21-14/h1-3,8,14H,4-7,9-11H2. The maximum Gasteiger partial charge on any atom is 0.253 e. The molecule has 0 radical (unpaired) electrons. The molecule has 2 saturated heterocycles. The van der Waals surface area contributed by atoms with E-state index in [9.17, 15) is 4.79 Å². The van der Waals surface area contributed by atoms with Gasteiger partial charge in [0.25, 0.3) is 5.91 Å². The van der Waals surface area contributed by atoms with Crippen LogP contribution in [0, 0.1) is 0 Å². The molecule has 0 aromatic heterocycles. The summed E-state index contributed by atoms with van der Waals surface area (Å²) in [6, 6.07) is 5.72. The molecule has 3 aliphatic heterocycles. The fourth-order valence-electron chi connectivity index (χ4n) is 2.73. The number of para-hydroxylation sites is 1. The lowest BCUT2D eigenvalue weighted by Crippen LogP contribution is -2.42. The highest BCUT2D eigenvalue weighted by atomic mass is 16.6. The minimum absolute atomic E-state index is 0.0247. The monoisotopic (exact) mass is 317 g/mol. The number of ether oxygens (including phenoxy) is 4. The number of rotatable bonds is 4. The number of benzene rings is 1. The number of carbonyl (C=O) groups excluding carboxylic acids is 1. The third kappa shape index (κ3) is 3.18. The number of morpholine rings is 1. The van der Waals surface area contributed by atoms with Crippen LogP contribution in [0.1, 0.15) is 5.56 Å². The molecular formula is C17H19NO5. The summed E-state index contributed by atoms with van der Waals surface area (Å²) >= 11 is 0. The average molecular weight is 317 g/mol. The molecule has 23 heavy (non-hydrogen) atoms. The Morgan fingerprint density at radius 3 is 2.91 bits per heavy atom. The molecule has 3 aliphatic rings. The van der Waals surface area contributed by atoms with E-state index >= 15 is 0 Å². The Kier molecular flexibility index (Phi) is 3.93. The SMILES string of the molecule is O=C(C1=Cc2cccc(OCC3CO3)c2OC1)N1CCOCC1. The molecule has 122 valence electrons. The lowest BCUT2D eigenvalue weighted by Gasteiger charge is -2.29. The molecule has 1 atom stereocenters. The van der Waals surface area contributed by atoms with Crippen LogP contribution >= 0.6 is 0 Å². The number of hydrogen-bond donors (Lipinski definition) is 0. The molecule has 1 aromatic carbocycles. The van der Waals surface area contributed by atoms with Crippen LogP contribution in [-0.2, 0) is 14.3 Å². The smallest absolute Gasteiger partial charge is 0.253 e. The van der Waals surface area contributed by atoms with E-state index in [1.807, 2.05) is 29.2 Å². The minimum atomic E-state index is 0.0247. The number of hydrogen-bond acceptors (Lipinski definition) is 5. The highest BCUT2D eigenvalue weighted by Crippen LogP contribution is 2.36. The first-order valence-electron chi connectivity index (χ1n) is 7.89. The molecule has 0 aliphatic carbocycles. The zero-order chi connectivity index (χ0) is 15.6. The normalized spacial score (nSPS) is 22.7. The van der Waals surface area contributed by atoms with E-state index in [0.717, 1.165) is 12.2 Å². The third-order valence-corrected chi connectivity index (χ3v) is 4.11. The Morgan fingerprint density at radius 1 is 1.30 bits per heavy atom. The largest absolute Gasteiger partial charge is 0.487 e. The Labute approximate surface area is 134 Å². The predicted octanol–water partition coefficient (Wildman–Crippen LogP) is 1.10. The summed E-state index contributed by atoms with van der Waals surface area (Å²) in [7, 11) is 0. The molecule has 0 bridgehead atoms. The summed E-state index contributed by atoms with van der Waals surface area (Å²) in [6.45, 7) is 4.01. The Bertz CT molecular complexity index is 632. The molecule has 1 aromatic rings. The first kappa shape index (κ1) is 14.5. The minimum Gasteiger partial charge on any atom is -0.487 e. The van der Waals surface area contributed by atoms with Crippen molar-refractivity contribution in [2.45, 2.75) is 6.10 Å². The molecule has 1 unspecified atom stereocenters. The van der Waals surface area contributed by atoms with E-state index in [-0.39, 0.29) is 18.6 Å². The number of amides is 1. The van der Waals surface area contributed by atoms with Gasteiger partial charge in [-0.3, -0.25) is 4.79 Å². The van der Waals surface area contributed by atoms with Crippen LogP contribution in [0.3, 0.4) is 0 Å². The van der Waals surface area contributed by atoms with Gasteiger partial charge in [0.15, 0.2) is 11.5 Å². The maximum absolute atomic E-state index is 12.5. The lowest BCUT2D eigenvalue weighted by molar-refractivity contribution is -0.131. The van der Waals surface area contributed by atoms with E-state index < -0.39 is 0 Å². The average Bonchev–Trinajstić information content (AvgIpc) is 3.44. The van der Waals surface area contributed by atoms with Crippen LogP contribution in [0.2, 0.25) is 0 Å². The van der Waals surface area contributed by atoms with Gasteiger partial charge in [-0.15, -0.1) is 0 Å². The highest BCUT2D eigenvalue weighted by Gasteiger charge is 2.27. The maximum atomic E-state index is 12.5. The van der Waals surface area contributed by atoms with E-state index in [1.165, 1.54) is 0 Å². The second-order valence-electron chi connectivity index (χ2n) is 5.80. The molecule has 3 heterocycles. The molecular weight excluding hydrogens is 298 g/mol. The Morgan fingerprint density at radius 2 is 2.13 bits per heavy atom. The van der Waals surface area contributed by atoms with E-state index in [4.69, 9.17) is 18.9 Å². The van der Waals surface area contributed by atoms with Gasteiger partial charge in [0.05, 0.1) is 25.4 Å². The Hall–Kier alpha value is -2.05. The third-order valence-electron chi connectivity index (χ3n) is 4.11. The quantitative estimate of drug-likeness (QED) is 0.778. The van der Waals surface area contributed by atoms with E-state index in [0.29, 0.717) is 50.0 Å².